The molecule has 2 aliphatic rings. The van der Waals surface area contributed by atoms with E-state index in [9.17, 15) is 8.78 Å². The second-order valence-corrected chi connectivity index (χ2v) is 4.81. The minimum absolute atomic E-state index is 0.137. The van der Waals surface area contributed by atoms with E-state index in [0.717, 1.165) is 25.9 Å². The standard InChI is InChI=1S/C11H19F2N3/c12-11(13)7-9(8-11)15-10(14)16-5-3-1-2-4-6-16/h9H,1-8H2,(H2,14,15). The Hall–Kier alpha value is -0.870. The zero-order valence-corrected chi connectivity index (χ0v) is 9.46. The van der Waals surface area contributed by atoms with E-state index in [4.69, 9.17) is 5.73 Å². The van der Waals surface area contributed by atoms with Gasteiger partial charge in [0.2, 0.25) is 0 Å². The van der Waals surface area contributed by atoms with Gasteiger partial charge >= 0.3 is 0 Å². The molecule has 1 aliphatic carbocycles. The second kappa shape index (κ2) is 4.55. The van der Waals surface area contributed by atoms with Gasteiger partial charge in [-0.3, -0.25) is 0 Å². The number of likely N-dealkylation sites (tertiary alicyclic amines) is 1. The molecule has 0 amide bonds. The molecule has 0 radical (unpaired) electrons. The first-order valence-corrected chi connectivity index (χ1v) is 6.03. The summed E-state index contributed by atoms with van der Waals surface area (Å²) in [6.45, 7) is 1.83. The van der Waals surface area contributed by atoms with Crippen LogP contribution in [0, 0.1) is 0 Å². The zero-order valence-electron chi connectivity index (χ0n) is 9.46. The SMILES string of the molecule is NC(=NC1CC(F)(F)C1)N1CCCCCC1. The normalized spacial score (nSPS) is 27.4. The van der Waals surface area contributed by atoms with E-state index in [0.29, 0.717) is 5.96 Å². The molecule has 5 heteroatoms. The van der Waals surface area contributed by atoms with Crippen LogP contribution in [0.3, 0.4) is 0 Å². The van der Waals surface area contributed by atoms with E-state index in [1.165, 1.54) is 12.8 Å². The fourth-order valence-electron chi connectivity index (χ4n) is 2.29. The maximum Gasteiger partial charge on any atom is 0.252 e. The summed E-state index contributed by atoms with van der Waals surface area (Å²) in [6, 6.07) is -0.266. The molecule has 0 unspecified atom stereocenters. The molecule has 1 saturated heterocycles. The molecule has 0 bridgehead atoms. The summed E-state index contributed by atoms with van der Waals surface area (Å²) in [6.07, 6.45) is 4.42. The highest BCUT2D eigenvalue weighted by atomic mass is 19.3. The zero-order chi connectivity index (χ0) is 11.6. The largest absolute Gasteiger partial charge is 0.370 e. The summed E-state index contributed by atoms with van der Waals surface area (Å²) < 4.78 is 25.2. The predicted octanol–water partition coefficient (Wildman–Crippen LogP) is 1.97. The van der Waals surface area contributed by atoms with Gasteiger partial charge in [0.05, 0.1) is 6.04 Å². The Labute approximate surface area is 94.7 Å². The van der Waals surface area contributed by atoms with E-state index in [-0.39, 0.29) is 18.9 Å². The van der Waals surface area contributed by atoms with Crippen molar-refractivity contribution in [1.29, 1.82) is 0 Å². The highest BCUT2D eigenvalue weighted by molar-refractivity contribution is 5.78. The molecule has 92 valence electrons. The molecule has 2 fully saturated rings. The first-order valence-electron chi connectivity index (χ1n) is 6.03. The summed E-state index contributed by atoms with van der Waals surface area (Å²) in [5.74, 6) is -2.05. The van der Waals surface area contributed by atoms with Crippen LogP contribution in [0.2, 0.25) is 0 Å². The van der Waals surface area contributed by atoms with E-state index in [2.05, 4.69) is 4.99 Å². The fourth-order valence-corrected chi connectivity index (χ4v) is 2.29. The molecule has 3 nitrogen and oxygen atoms in total. The molecule has 16 heavy (non-hydrogen) atoms. The van der Waals surface area contributed by atoms with Crippen LogP contribution in [0.4, 0.5) is 8.78 Å². The number of aliphatic imine (C=N–C) groups is 1. The Morgan fingerprint density at radius 3 is 2.19 bits per heavy atom. The molecule has 2 N–H and O–H groups in total. The maximum absolute atomic E-state index is 12.6. The molecule has 0 atom stereocenters. The van der Waals surface area contributed by atoms with E-state index < -0.39 is 5.92 Å². The summed E-state index contributed by atoms with van der Waals surface area (Å²) in [4.78, 5) is 6.21. The van der Waals surface area contributed by atoms with Crippen molar-refractivity contribution in [2.45, 2.75) is 50.5 Å². The molecule has 1 heterocycles. The number of nitrogens with two attached hydrogens (primary N) is 1. The van der Waals surface area contributed by atoms with Crippen LogP contribution in [0.1, 0.15) is 38.5 Å². The van der Waals surface area contributed by atoms with Gasteiger partial charge in [-0.2, -0.15) is 0 Å². The first kappa shape index (κ1) is 11.6. The lowest BCUT2D eigenvalue weighted by atomic mass is 9.89. The van der Waals surface area contributed by atoms with Gasteiger partial charge in [-0.25, -0.2) is 13.8 Å². The molecule has 1 aliphatic heterocycles. The van der Waals surface area contributed by atoms with Crippen LogP contribution in [0.5, 0.6) is 0 Å². The average Bonchev–Trinajstić information content (AvgIpc) is 2.42. The van der Waals surface area contributed by atoms with Gasteiger partial charge in [-0.1, -0.05) is 12.8 Å². The molecule has 0 aromatic heterocycles. The Kier molecular flexibility index (Phi) is 3.30. The van der Waals surface area contributed by atoms with Crippen LogP contribution in [0.25, 0.3) is 0 Å². The monoisotopic (exact) mass is 231 g/mol. The number of hydrogen-bond donors (Lipinski definition) is 1. The van der Waals surface area contributed by atoms with E-state index in [1.807, 2.05) is 4.90 Å². The van der Waals surface area contributed by atoms with Gasteiger partial charge in [0.25, 0.3) is 5.92 Å². The topological polar surface area (TPSA) is 41.6 Å². The Balaban J connectivity index is 1.86. The Morgan fingerprint density at radius 2 is 1.69 bits per heavy atom. The number of alkyl halides is 2. The number of guanidine groups is 1. The third-order valence-corrected chi connectivity index (χ3v) is 3.31. The van der Waals surface area contributed by atoms with Crippen molar-refractivity contribution in [1.82, 2.24) is 4.90 Å². The molecule has 0 aromatic rings. The average molecular weight is 231 g/mol. The Morgan fingerprint density at radius 1 is 1.12 bits per heavy atom. The lowest BCUT2D eigenvalue weighted by molar-refractivity contribution is -0.0836. The van der Waals surface area contributed by atoms with Crippen molar-refractivity contribution >= 4 is 5.96 Å². The number of rotatable bonds is 1. The van der Waals surface area contributed by atoms with Crippen molar-refractivity contribution in [3.63, 3.8) is 0 Å². The fraction of sp³-hybridized carbons (Fsp3) is 0.909. The van der Waals surface area contributed by atoms with Crippen molar-refractivity contribution in [3.8, 4) is 0 Å². The van der Waals surface area contributed by atoms with Crippen LogP contribution in [-0.4, -0.2) is 35.9 Å². The van der Waals surface area contributed by atoms with Gasteiger partial charge in [-0.05, 0) is 12.8 Å². The molecule has 0 aromatic carbocycles. The van der Waals surface area contributed by atoms with Gasteiger partial charge in [0, 0.05) is 25.9 Å². The molecule has 1 saturated carbocycles. The van der Waals surface area contributed by atoms with Crippen LogP contribution in [0.15, 0.2) is 4.99 Å². The lowest BCUT2D eigenvalue weighted by Crippen LogP contribution is -2.43. The number of nitrogens with zero attached hydrogens (tertiary/aromatic N) is 2. The van der Waals surface area contributed by atoms with Crippen molar-refractivity contribution in [2.75, 3.05) is 13.1 Å². The highest BCUT2D eigenvalue weighted by Crippen LogP contribution is 2.39. The molecular formula is C11H19F2N3. The van der Waals surface area contributed by atoms with Crippen molar-refractivity contribution < 1.29 is 8.78 Å². The molecule has 0 spiro atoms. The van der Waals surface area contributed by atoms with Crippen LogP contribution in [-0.2, 0) is 0 Å². The quantitative estimate of drug-likeness (QED) is 0.554. The van der Waals surface area contributed by atoms with Crippen molar-refractivity contribution in [3.05, 3.63) is 0 Å². The van der Waals surface area contributed by atoms with Crippen LogP contribution >= 0.6 is 0 Å². The summed E-state index contributed by atoms with van der Waals surface area (Å²) in [5, 5.41) is 0. The third kappa shape index (κ3) is 2.83. The Bertz CT molecular complexity index is 262. The minimum atomic E-state index is -2.51. The summed E-state index contributed by atoms with van der Waals surface area (Å²) in [7, 11) is 0. The maximum atomic E-state index is 12.6. The van der Waals surface area contributed by atoms with Gasteiger partial charge in [0.1, 0.15) is 0 Å². The number of halogens is 2. The van der Waals surface area contributed by atoms with Gasteiger partial charge < -0.3 is 10.6 Å². The first-order chi connectivity index (χ1) is 7.57. The van der Waals surface area contributed by atoms with Crippen LogP contribution < -0.4 is 5.73 Å². The number of hydrogen-bond acceptors (Lipinski definition) is 1. The predicted molar refractivity (Wildman–Crippen MR) is 59.6 cm³/mol. The van der Waals surface area contributed by atoms with E-state index in [1.54, 1.807) is 0 Å². The summed E-state index contributed by atoms with van der Waals surface area (Å²) in [5.41, 5.74) is 5.85. The van der Waals surface area contributed by atoms with E-state index >= 15 is 0 Å². The third-order valence-electron chi connectivity index (χ3n) is 3.31. The molecular weight excluding hydrogens is 212 g/mol. The lowest BCUT2D eigenvalue weighted by Gasteiger charge is -2.33. The smallest absolute Gasteiger partial charge is 0.252 e. The highest BCUT2D eigenvalue weighted by Gasteiger charge is 2.45. The summed E-state index contributed by atoms with van der Waals surface area (Å²) >= 11 is 0. The minimum Gasteiger partial charge on any atom is -0.370 e. The molecule has 2 rings (SSSR count). The second-order valence-electron chi connectivity index (χ2n) is 4.81. The van der Waals surface area contributed by atoms with Gasteiger partial charge in [0.15, 0.2) is 5.96 Å². The van der Waals surface area contributed by atoms with Crippen molar-refractivity contribution in [2.24, 2.45) is 10.7 Å². The van der Waals surface area contributed by atoms with Gasteiger partial charge in [-0.15, -0.1) is 0 Å².